The third-order valence-corrected chi connectivity index (χ3v) is 3.49. The predicted molar refractivity (Wildman–Crippen MR) is 76.6 cm³/mol. The molecule has 0 bridgehead atoms. The molecule has 1 unspecified atom stereocenters. The van der Waals surface area contributed by atoms with Crippen molar-refractivity contribution in [3.63, 3.8) is 0 Å². The molecule has 0 spiro atoms. The maximum Gasteiger partial charge on any atom is 0.323 e. The molecule has 18 heavy (non-hydrogen) atoms. The Morgan fingerprint density at radius 1 is 1.50 bits per heavy atom. The zero-order chi connectivity index (χ0) is 13.7. The molecule has 0 saturated heterocycles. The molecule has 0 aliphatic heterocycles. The Hall–Kier alpha value is -0.580. The van der Waals surface area contributed by atoms with Gasteiger partial charge in [0.15, 0.2) is 0 Å². The highest BCUT2D eigenvalue weighted by Gasteiger charge is 2.22. The minimum absolute atomic E-state index is 0.159. The molecule has 1 aromatic rings. The number of carbonyl (C=O) groups is 1. The maximum atomic E-state index is 11.6. The Labute approximate surface area is 121 Å². The fraction of sp³-hybridized carbons (Fsp3) is 0.462. The van der Waals surface area contributed by atoms with Gasteiger partial charge in [0, 0.05) is 16.0 Å². The summed E-state index contributed by atoms with van der Waals surface area (Å²) < 4.78 is 5.70. The average molecular weight is 335 g/mol. The van der Waals surface area contributed by atoms with Crippen molar-refractivity contribution < 1.29 is 9.53 Å². The molecule has 0 saturated carbocycles. The number of halogens is 2. The van der Waals surface area contributed by atoms with Gasteiger partial charge in [0.1, 0.15) is 6.04 Å². The molecule has 0 heterocycles. The molecule has 0 amide bonds. The van der Waals surface area contributed by atoms with Crippen LogP contribution in [0.3, 0.4) is 0 Å². The smallest absolute Gasteiger partial charge is 0.323 e. The number of rotatable bonds is 5. The minimum Gasteiger partial charge on any atom is -0.468 e. The second kappa shape index (κ2) is 7.12. The van der Waals surface area contributed by atoms with Crippen molar-refractivity contribution in [3.05, 3.63) is 33.3 Å². The van der Waals surface area contributed by atoms with Crippen molar-refractivity contribution in [2.45, 2.75) is 26.4 Å². The van der Waals surface area contributed by atoms with Crippen LogP contribution >= 0.6 is 27.5 Å². The summed E-state index contributed by atoms with van der Waals surface area (Å²) in [4.78, 5) is 11.6. The highest BCUT2D eigenvalue weighted by atomic mass is 79.9. The summed E-state index contributed by atoms with van der Waals surface area (Å²) in [5, 5.41) is 3.84. The van der Waals surface area contributed by atoms with Crippen LogP contribution in [0.2, 0.25) is 5.02 Å². The molecule has 1 N–H and O–H groups in total. The summed E-state index contributed by atoms with van der Waals surface area (Å²) in [6, 6.07) is 5.36. The zero-order valence-corrected chi connectivity index (χ0v) is 13.0. The Balaban J connectivity index is 2.70. The lowest BCUT2D eigenvalue weighted by molar-refractivity contribution is -0.144. The summed E-state index contributed by atoms with van der Waals surface area (Å²) in [6.07, 6.45) is 0. The van der Waals surface area contributed by atoms with Gasteiger partial charge in [-0.1, -0.05) is 47.4 Å². The van der Waals surface area contributed by atoms with Crippen LogP contribution in [0.4, 0.5) is 0 Å². The first-order chi connectivity index (χ1) is 8.45. The van der Waals surface area contributed by atoms with Crippen molar-refractivity contribution in [2.24, 2.45) is 5.92 Å². The molecule has 3 nitrogen and oxygen atoms in total. The molecular weight excluding hydrogens is 318 g/mol. The monoisotopic (exact) mass is 333 g/mol. The van der Waals surface area contributed by atoms with E-state index in [1.807, 2.05) is 32.0 Å². The van der Waals surface area contributed by atoms with Crippen molar-refractivity contribution in [1.82, 2.24) is 5.32 Å². The van der Waals surface area contributed by atoms with E-state index in [0.717, 1.165) is 10.0 Å². The van der Waals surface area contributed by atoms with Crippen LogP contribution < -0.4 is 5.32 Å². The molecule has 1 atom stereocenters. The van der Waals surface area contributed by atoms with Crippen molar-refractivity contribution in [1.29, 1.82) is 0 Å². The van der Waals surface area contributed by atoms with Gasteiger partial charge < -0.3 is 10.1 Å². The Morgan fingerprint density at radius 2 is 2.17 bits per heavy atom. The maximum absolute atomic E-state index is 11.6. The number of carbonyl (C=O) groups excluding carboxylic acids is 1. The van der Waals surface area contributed by atoms with Gasteiger partial charge in [0.25, 0.3) is 0 Å². The van der Waals surface area contributed by atoms with Crippen LogP contribution in [0.25, 0.3) is 0 Å². The molecule has 100 valence electrons. The highest BCUT2D eigenvalue weighted by molar-refractivity contribution is 9.10. The molecule has 0 aliphatic carbocycles. The highest BCUT2D eigenvalue weighted by Crippen LogP contribution is 2.21. The van der Waals surface area contributed by atoms with E-state index < -0.39 is 0 Å². The van der Waals surface area contributed by atoms with Crippen LogP contribution in [0.5, 0.6) is 0 Å². The SMILES string of the molecule is COC(=O)C(NCc1ccc(Br)cc1Cl)C(C)C. The number of esters is 1. The van der Waals surface area contributed by atoms with E-state index in [4.69, 9.17) is 16.3 Å². The van der Waals surface area contributed by atoms with E-state index in [1.54, 1.807) is 0 Å². The van der Waals surface area contributed by atoms with Crippen molar-refractivity contribution >= 4 is 33.5 Å². The summed E-state index contributed by atoms with van der Waals surface area (Å²) in [7, 11) is 1.39. The Morgan fingerprint density at radius 3 is 2.67 bits per heavy atom. The van der Waals surface area contributed by atoms with Crippen LogP contribution in [-0.4, -0.2) is 19.1 Å². The molecule has 0 aromatic heterocycles. The summed E-state index contributed by atoms with van der Waals surface area (Å²) in [5.74, 6) is -0.0927. The third kappa shape index (κ3) is 4.26. The van der Waals surface area contributed by atoms with Gasteiger partial charge >= 0.3 is 5.97 Å². The van der Waals surface area contributed by atoms with E-state index in [2.05, 4.69) is 21.2 Å². The van der Waals surface area contributed by atoms with Gasteiger partial charge in [-0.15, -0.1) is 0 Å². The normalized spacial score (nSPS) is 12.6. The summed E-state index contributed by atoms with van der Waals surface area (Å²) >= 11 is 9.47. The van der Waals surface area contributed by atoms with Crippen molar-refractivity contribution in [3.8, 4) is 0 Å². The summed E-state index contributed by atoms with van der Waals surface area (Å²) in [5.41, 5.74) is 0.953. The minimum atomic E-state index is -0.324. The standard InChI is InChI=1S/C13H17BrClNO2/c1-8(2)12(13(17)18-3)16-7-9-4-5-10(14)6-11(9)15/h4-6,8,12,16H,7H2,1-3H3. The van der Waals surface area contributed by atoms with Gasteiger partial charge in [-0.25, -0.2) is 0 Å². The fourth-order valence-corrected chi connectivity index (χ4v) is 2.34. The van der Waals surface area contributed by atoms with E-state index in [0.29, 0.717) is 11.6 Å². The first-order valence-electron chi connectivity index (χ1n) is 5.70. The van der Waals surface area contributed by atoms with Gasteiger partial charge in [-0.05, 0) is 23.6 Å². The number of ether oxygens (including phenoxy) is 1. The second-order valence-corrected chi connectivity index (χ2v) is 5.68. The topological polar surface area (TPSA) is 38.3 Å². The molecule has 0 radical (unpaired) electrons. The lowest BCUT2D eigenvalue weighted by Crippen LogP contribution is -2.41. The second-order valence-electron chi connectivity index (χ2n) is 4.36. The lowest BCUT2D eigenvalue weighted by atomic mass is 10.0. The first kappa shape index (κ1) is 15.5. The van der Waals surface area contributed by atoms with Crippen LogP contribution in [-0.2, 0) is 16.1 Å². The van der Waals surface area contributed by atoms with Crippen molar-refractivity contribution in [2.75, 3.05) is 7.11 Å². The van der Waals surface area contributed by atoms with E-state index in [1.165, 1.54) is 7.11 Å². The van der Waals surface area contributed by atoms with Crippen LogP contribution in [0.15, 0.2) is 22.7 Å². The largest absolute Gasteiger partial charge is 0.468 e. The van der Waals surface area contributed by atoms with E-state index >= 15 is 0 Å². The summed E-state index contributed by atoms with van der Waals surface area (Å²) in [6.45, 7) is 4.47. The molecule has 5 heteroatoms. The molecular formula is C13H17BrClNO2. The number of methoxy groups -OCH3 is 1. The Bertz CT molecular complexity index is 423. The lowest BCUT2D eigenvalue weighted by Gasteiger charge is -2.20. The van der Waals surface area contributed by atoms with Gasteiger partial charge in [-0.2, -0.15) is 0 Å². The number of benzene rings is 1. The number of hydrogen-bond donors (Lipinski definition) is 1. The number of hydrogen-bond acceptors (Lipinski definition) is 3. The van der Waals surface area contributed by atoms with E-state index in [-0.39, 0.29) is 17.9 Å². The quantitative estimate of drug-likeness (QED) is 0.839. The Kier molecular flexibility index (Phi) is 6.12. The molecule has 1 rings (SSSR count). The van der Waals surface area contributed by atoms with Gasteiger partial charge in [-0.3, -0.25) is 4.79 Å². The molecule has 1 aromatic carbocycles. The number of nitrogens with one attached hydrogen (secondary N) is 1. The predicted octanol–water partition coefficient (Wildman–Crippen LogP) is 3.39. The van der Waals surface area contributed by atoms with Gasteiger partial charge in [0.05, 0.1) is 7.11 Å². The van der Waals surface area contributed by atoms with Crippen LogP contribution in [0, 0.1) is 5.92 Å². The third-order valence-electron chi connectivity index (χ3n) is 2.65. The molecule has 0 fully saturated rings. The van der Waals surface area contributed by atoms with Gasteiger partial charge in [0.2, 0.25) is 0 Å². The van der Waals surface area contributed by atoms with Crippen LogP contribution in [0.1, 0.15) is 19.4 Å². The fourth-order valence-electron chi connectivity index (χ4n) is 1.60. The van der Waals surface area contributed by atoms with E-state index in [9.17, 15) is 4.79 Å². The average Bonchev–Trinajstić information content (AvgIpc) is 2.31. The first-order valence-corrected chi connectivity index (χ1v) is 6.88. The molecule has 0 aliphatic rings. The zero-order valence-electron chi connectivity index (χ0n) is 10.7.